The third kappa shape index (κ3) is 3.25. The lowest BCUT2D eigenvalue weighted by atomic mass is 10.3. The van der Waals surface area contributed by atoms with E-state index >= 15 is 0 Å². The summed E-state index contributed by atoms with van der Waals surface area (Å²) in [5, 5.41) is 0. The first-order valence-electron chi connectivity index (χ1n) is 5.24. The van der Waals surface area contributed by atoms with E-state index in [1.165, 1.54) is 0 Å². The SMILES string of the molecule is CC.COc1nc(N(C)C)nc(OC)c1C. The zero-order valence-corrected chi connectivity index (χ0v) is 11.2. The van der Waals surface area contributed by atoms with Gasteiger partial charge in [0.05, 0.1) is 19.8 Å². The van der Waals surface area contributed by atoms with Crippen LogP contribution in [0, 0.1) is 6.92 Å². The van der Waals surface area contributed by atoms with Gasteiger partial charge in [-0.1, -0.05) is 13.8 Å². The van der Waals surface area contributed by atoms with Gasteiger partial charge < -0.3 is 14.4 Å². The summed E-state index contributed by atoms with van der Waals surface area (Å²) in [4.78, 5) is 10.2. The topological polar surface area (TPSA) is 47.5 Å². The molecule has 0 saturated heterocycles. The Hall–Kier alpha value is -1.52. The molecule has 16 heavy (non-hydrogen) atoms. The molecule has 1 rings (SSSR count). The summed E-state index contributed by atoms with van der Waals surface area (Å²) in [7, 11) is 6.88. The van der Waals surface area contributed by atoms with Crippen molar-refractivity contribution in [3.05, 3.63) is 5.56 Å². The standard InChI is InChI=1S/C9H15N3O2.C2H6/c1-6-7(13-4)10-9(12(2)3)11-8(6)14-5;1-2/h1-5H3;1-2H3. The Labute approximate surface area is 97.4 Å². The molecule has 0 unspecified atom stereocenters. The van der Waals surface area contributed by atoms with Crippen LogP contribution in [0.3, 0.4) is 0 Å². The summed E-state index contributed by atoms with van der Waals surface area (Å²) in [6.45, 7) is 5.86. The minimum atomic E-state index is 0.542. The van der Waals surface area contributed by atoms with Gasteiger partial charge in [-0.05, 0) is 6.92 Å². The molecule has 5 heteroatoms. The Kier molecular flexibility index (Phi) is 6.22. The molecule has 0 spiro atoms. The van der Waals surface area contributed by atoms with Crippen LogP contribution in [0.4, 0.5) is 5.95 Å². The Morgan fingerprint density at radius 1 is 0.938 bits per heavy atom. The number of anilines is 1. The lowest BCUT2D eigenvalue weighted by molar-refractivity contribution is 0.366. The Morgan fingerprint density at radius 2 is 1.31 bits per heavy atom. The first kappa shape index (κ1) is 14.5. The molecule has 0 fully saturated rings. The summed E-state index contributed by atoms with van der Waals surface area (Å²) >= 11 is 0. The first-order chi connectivity index (χ1) is 7.60. The Balaban J connectivity index is 0.00000106. The van der Waals surface area contributed by atoms with Crippen LogP contribution in [0.2, 0.25) is 0 Å². The van der Waals surface area contributed by atoms with Crippen LogP contribution in [-0.2, 0) is 0 Å². The predicted octanol–water partition coefficient (Wildman–Crippen LogP) is 1.89. The molecule has 0 bridgehead atoms. The van der Waals surface area contributed by atoms with Crippen molar-refractivity contribution in [1.29, 1.82) is 0 Å². The van der Waals surface area contributed by atoms with Crippen LogP contribution < -0.4 is 14.4 Å². The molecular formula is C11H21N3O2. The highest BCUT2D eigenvalue weighted by molar-refractivity contribution is 5.41. The van der Waals surface area contributed by atoms with Crippen molar-refractivity contribution < 1.29 is 9.47 Å². The summed E-state index contributed by atoms with van der Waals surface area (Å²) in [6.07, 6.45) is 0. The second kappa shape index (κ2) is 6.87. The number of hydrogen-bond acceptors (Lipinski definition) is 5. The summed E-state index contributed by atoms with van der Waals surface area (Å²) in [5.74, 6) is 1.66. The van der Waals surface area contributed by atoms with Gasteiger partial charge in [0, 0.05) is 14.1 Å². The molecule has 1 aromatic rings. The zero-order valence-electron chi connectivity index (χ0n) is 11.2. The van der Waals surface area contributed by atoms with Crippen molar-refractivity contribution in [3.8, 4) is 11.8 Å². The minimum absolute atomic E-state index is 0.542. The highest BCUT2D eigenvalue weighted by Gasteiger charge is 2.12. The zero-order chi connectivity index (χ0) is 12.7. The lowest BCUT2D eigenvalue weighted by Gasteiger charge is -2.14. The van der Waals surface area contributed by atoms with E-state index in [2.05, 4.69) is 9.97 Å². The van der Waals surface area contributed by atoms with E-state index in [1.54, 1.807) is 19.1 Å². The van der Waals surface area contributed by atoms with Gasteiger partial charge in [0.25, 0.3) is 0 Å². The molecule has 5 nitrogen and oxygen atoms in total. The Bertz CT molecular complexity index is 302. The third-order valence-electron chi connectivity index (χ3n) is 1.83. The predicted molar refractivity (Wildman–Crippen MR) is 65.5 cm³/mol. The van der Waals surface area contributed by atoms with E-state index in [0.717, 1.165) is 5.56 Å². The van der Waals surface area contributed by atoms with Crippen molar-refractivity contribution in [2.75, 3.05) is 33.2 Å². The van der Waals surface area contributed by atoms with Crippen molar-refractivity contribution in [2.45, 2.75) is 20.8 Å². The minimum Gasteiger partial charge on any atom is -0.481 e. The highest BCUT2D eigenvalue weighted by Crippen LogP contribution is 2.25. The lowest BCUT2D eigenvalue weighted by Crippen LogP contribution is -2.14. The summed E-state index contributed by atoms with van der Waals surface area (Å²) in [5.41, 5.74) is 0.806. The number of ether oxygens (including phenoxy) is 2. The van der Waals surface area contributed by atoms with Gasteiger partial charge in [-0.3, -0.25) is 0 Å². The molecule has 0 amide bonds. The maximum Gasteiger partial charge on any atom is 0.231 e. The van der Waals surface area contributed by atoms with E-state index in [0.29, 0.717) is 17.7 Å². The molecule has 0 atom stereocenters. The van der Waals surface area contributed by atoms with Gasteiger partial charge in [0.1, 0.15) is 0 Å². The van der Waals surface area contributed by atoms with E-state index in [9.17, 15) is 0 Å². The molecule has 1 heterocycles. The molecule has 1 aromatic heterocycles. The van der Waals surface area contributed by atoms with E-state index < -0.39 is 0 Å². The van der Waals surface area contributed by atoms with Gasteiger partial charge in [-0.2, -0.15) is 9.97 Å². The number of aromatic nitrogens is 2. The van der Waals surface area contributed by atoms with Crippen LogP contribution in [0.25, 0.3) is 0 Å². The molecule has 0 saturated carbocycles. The second-order valence-corrected chi connectivity index (χ2v) is 3.06. The van der Waals surface area contributed by atoms with E-state index in [4.69, 9.17) is 9.47 Å². The Morgan fingerprint density at radius 3 is 1.56 bits per heavy atom. The van der Waals surface area contributed by atoms with Gasteiger partial charge in [-0.15, -0.1) is 0 Å². The molecule has 0 N–H and O–H groups in total. The van der Waals surface area contributed by atoms with Crippen molar-refractivity contribution in [3.63, 3.8) is 0 Å². The number of nitrogens with zero attached hydrogens (tertiary/aromatic N) is 3. The normalized spacial score (nSPS) is 8.94. The quantitative estimate of drug-likeness (QED) is 0.789. The van der Waals surface area contributed by atoms with E-state index in [-0.39, 0.29) is 0 Å². The average molecular weight is 227 g/mol. The van der Waals surface area contributed by atoms with E-state index in [1.807, 2.05) is 34.9 Å². The third-order valence-corrected chi connectivity index (χ3v) is 1.83. The van der Waals surface area contributed by atoms with Crippen LogP contribution in [0.1, 0.15) is 19.4 Å². The van der Waals surface area contributed by atoms with Gasteiger partial charge in [-0.25, -0.2) is 0 Å². The van der Waals surface area contributed by atoms with Crippen LogP contribution >= 0.6 is 0 Å². The molecule has 0 aromatic carbocycles. The van der Waals surface area contributed by atoms with Crippen LogP contribution in [-0.4, -0.2) is 38.3 Å². The fourth-order valence-electron chi connectivity index (χ4n) is 1.06. The van der Waals surface area contributed by atoms with Crippen molar-refractivity contribution in [2.24, 2.45) is 0 Å². The van der Waals surface area contributed by atoms with Crippen LogP contribution in [0.5, 0.6) is 11.8 Å². The molecule has 0 aliphatic heterocycles. The largest absolute Gasteiger partial charge is 0.481 e. The molecule has 0 aliphatic carbocycles. The maximum atomic E-state index is 5.12. The monoisotopic (exact) mass is 227 g/mol. The summed E-state index contributed by atoms with van der Waals surface area (Å²) in [6, 6.07) is 0. The fourth-order valence-corrected chi connectivity index (χ4v) is 1.06. The molecule has 92 valence electrons. The molecule has 0 radical (unpaired) electrons. The highest BCUT2D eigenvalue weighted by atomic mass is 16.5. The number of hydrogen-bond donors (Lipinski definition) is 0. The van der Waals surface area contributed by atoms with Crippen molar-refractivity contribution in [1.82, 2.24) is 9.97 Å². The molecule has 0 aliphatic rings. The summed E-state index contributed by atoms with van der Waals surface area (Å²) < 4.78 is 10.2. The smallest absolute Gasteiger partial charge is 0.231 e. The fraction of sp³-hybridized carbons (Fsp3) is 0.636. The van der Waals surface area contributed by atoms with Gasteiger partial charge in [0.2, 0.25) is 17.7 Å². The second-order valence-electron chi connectivity index (χ2n) is 3.06. The maximum absolute atomic E-state index is 5.12. The van der Waals surface area contributed by atoms with Crippen LogP contribution in [0.15, 0.2) is 0 Å². The first-order valence-corrected chi connectivity index (χ1v) is 5.24. The number of rotatable bonds is 3. The van der Waals surface area contributed by atoms with Gasteiger partial charge >= 0.3 is 0 Å². The number of methoxy groups -OCH3 is 2. The average Bonchev–Trinajstić information content (AvgIpc) is 2.31. The molecular weight excluding hydrogens is 206 g/mol. The van der Waals surface area contributed by atoms with Crippen molar-refractivity contribution >= 4 is 5.95 Å². The van der Waals surface area contributed by atoms with Gasteiger partial charge in [0.15, 0.2) is 0 Å².